The monoisotopic (exact) mass is 275 g/mol. The highest BCUT2D eigenvalue weighted by Crippen LogP contribution is 2.41. The fourth-order valence-corrected chi connectivity index (χ4v) is 2.20. The number of hydrogen-bond acceptors (Lipinski definition) is 5. The second-order valence-electron chi connectivity index (χ2n) is 4.61. The molecule has 6 heteroatoms. The molecule has 18 heavy (non-hydrogen) atoms. The zero-order chi connectivity index (χ0) is 12.6. The molecule has 0 saturated heterocycles. The van der Waals surface area contributed by atoms with Gasteiger partial charge in [0.1, 0.15) is 17.2 Å². The highest BCUT2D eigenvalue weighted by Gasteiger charge is 2.33. The van der Waals surface area contributed by atoms with Gasteiger partial charge in [0.15, 0.2) is 0 Å². The number of nitrogens with two attached hydrogens (primary N) is 1. The number of aliphatic hydroxyl groups is 1. The number of aliphatic hydroxyl groups excluding tert-OH is 1. The van der Waals surface area contributed by atoms with Crippen LogP contribution in [0, 0.1) is 5.92 Å². The van der Waals surface area contributed by atoms with Crippen molar-refractivity contribution >= 4 is 12.4 Å². The van der Waals surface area contributed by atoms with Crippen molar-refractivity contribution in [2.45, 2.75) is 31.4 Å². The normalized spacial score (nSPS) is 18.6. The molecule has 0 aromatic heterocycles. The lowest BCUT2D eigenvalue weighted by Gasteiger charge is -2.34. The second-order valence-corrected chi connectivity index (χ2v) is 4.61. The molecule has 0 unspecified atom stereocenters. The lowest BCUT2D eigenvalue weighted by Crippen LogP contribution is -2.36. The van der Waals surface area contributed by atoms with E-state index in [1.807, 2.05) is 0 Å². The molecule has 1 aliphatic rings. The minimum atomic E-state index is -0.846. The molecule has 1 aliphatic carbocycles. The van der Waals surface area contributed by atoms with Crippen LogP contribution in [0.15, 0.2) is 12.1 Å². The van der Waals surface area contributed by atoms with Gasteiger partial charge in [-0.1, -0.05) is 6.42 Å². The van der Waals surface area contributed by atoms with Crippen molar-refractivity contribution in [2.24, 2.45) is 11.7 Å². The zero-order valence-electron chi connectivity index (χ0n) is 9.78. The van der Waals surface area contributed by atoms with Crippen molar-refractivity contribution in [1.82, 2.24) is 0 Å². The van der Waals surface area contributed by atoms with Gasteiger partial charge >= 0.3 is 0 Å². The van der Waals surface area contributed by atoms with Crippen molar-refractivity contribution in [3.05, 3.63) is 17.7 Å². The Balaban J connectivity index is 0.00000162. The average Bonchev–Trinajstić information content (AvgIpc) is 2.12. The minimum Gasteiger partial charge on any atom is -0.508 e. The smallest absolute Gasteiger partial charge is 0.127 e. The average molecular weight is 276 g/mol. The summed E-state index contributed by atoms with van der Waals surface area (Å²) in [5.41, 5.74) is 5.93. The molecule has 0 spiro atoms. The van der Waals surface area contributed by atoms with Gasteiger partial charge < -0.3 is 26.2 Å². The van der Waals surface area contributed by atoms with Crippen LogP contribution in [0.25, 0.3) is 0 Å². The summed E-state index contributed by atoms with van der Waals surface area (Å²) in [7, 11) is 0. The Morgan fingerprint density at radius 2 is 1.61 bits per heavy atom. The Morgan fingerprint density at radius 3 is 2.00 bits per heavy atom. The van der Waals surface area contributed by atoms with Crippen LogP contribution in [0.2, 0.25) is 0 Å². The van der Waals surface area contributed by atoms with Gasteiger partial charge in [0, 0.05) is 12.1 Å². The summed E-state index contributed by atoms with van der Waals surface area (Å²) >= 11 is 0. The van der Waals surface area contributed by atoms with Crippen molar-refractivity contribution in [3.8, 4) is 17.2 Å². The third-order valence-corrected chi connectivity index (χ3v) is 3.46. The van der Waals surface area contributed by atoms with Gasteiger partial charge in [0.2, 0.25) is 0 Å². The highest BCUT2D eigenvalue weighted by molar-refractivity contribution is 5.85. The predicted octanol–water partition coefficient (Wildman–Crippen LogP) is 1.39. The first kappa shape index (κ1) is 14.9. The van der Waals surface area contributed by atoms with E-state index in [4.69, 9.17) is 5.73 Å². The molecule has 1 aromatic rings. The van der Waals surface area contributed by atoms with Crippen LogP contribution in [-0.2, 0) is 0 Å². The van der Waals surface area contributed by atoms with Crippen molar-refractivity contribution < 1.29 is 20.4 Å². The van der Waals surface area contributed by atoms with E-state index in [2.05, 4.69) is 0 Å². The maximum Gasteiger partial charge on any atom is 0.127 e. The van der Waals surface area contributed by atoms with Gasteiger partial charge in [-0.25, -0.2) is 0 Å². The number of phenolic OH excluding ortho intramolecular Hbond substituents is 3. The molecule has 5 nitrogen and oxygen atoms in total. The van der Waals surface area contributed by atoms with Crippen LogP contribution in [0.4, 0.5) is 0 Å². The van der Waals surface area contributed by atoms with Gasteiger partial charge in [-0.3, -0.25) is 0 Å². The van der Waals surface area contributed by atoms with Crippen LogP contribution in [0.3, 0.4) is 0 Å². The van der Waals surface area contributed by atoms with E-state index in [1.165, 1.54) is 0 Å². The first-order valence-corrected chi connectivity index (χ1v) is 5.69. The van der Waals surface area contributed by atoms with Crippen molar-refractivity contribution in [3.63, 3.8) is 0 Å². The fourth-order valence-electron chi connectivity index (χ4n) is 2.20. The van der Waals surface area contributed by atoms with E-state index in [-0.39, 0.29) is 41.1 Å². The second kappa shape index (κ2) is 5.65. The molecule has 0 heterocycles. The summed E-state index contributed by atoms with van der Waals surface area (Å²) in [6.07, 6.45) is 2.11. The first-order chi connectivity index (χ1) is 8.00. The van der Waals surface area contributed by atoms with Gasteiger partial charge in [-0.05, 0) is 18.8 Å². The number of halogens is 1. The number of benzene rings is 1. The van der Waals surface area contributed by atoms with Crippen molar-refractivity contribution in [2.75, 3.05) is 0 Å². The molecular weight excluding hydrogens is 258 g/mol. The molecule has 0 amide bonds. The summed E-state index contributed by atoms with van der Waals surface area (Å²) in [6.45, 7) is 0. The Kier molecular flexibility index (Phi) is 4.67. The van der Waals surface area contributed by atoms with Crippen LogP contribution in [0.5, 0.6) is 17.2 Å². The van der Waals surface area contributed by atoms with Crippen molar-refractivity contribution in [1.29, 1.82) is 0 Å². The molecule has 0 aliphatic heterocycles. The number of phenols is 3. The topological polar surface area (TPSA) is 107 Å². The molecule has 102 valence electrons. The van der Waals surface area contributed by atoms with E-state index in [9.17, 15) is 20.4 Å². The molecule has 1 fully saturated rings. The summed E-state index contributed by atoms with van der Waals surface area (Å²) in [6, 6.07) is 1.35. The predicted molar refractivity (Wildman–Crippen MR) is 69.0 cm³/mol. The van der Waals surface area contributed by atoms with E-state index in [1.54, 1.807) is 0 Å². The van der Waals surface area contributed by atoms with Crippen LogP contribution in [-0.4, -0.2) is 26.5 Å². The van der Waals surface area contributed by atoms with E-state index in [0.29, 0.717) is 0 Å². The Hall–Kier alpha value is -1.17. The van der Waals surface area contributed by atoms with Gasteiger partial charge in [-0.2, -0.15) is 0 Å². The molecule has 2 rings (SSSR count). The van der Waals surface area contributed by atoms with E-state index < -0.39 is 12.1 Å². The van der Waals surface area contributed by atoms with Crippen LogP contribution in [0.1, 0.15) is 30.9 Å². The third kappa shape index (κ3) is 2.63. The maximum absolute atomic E-state index is 10.00. The minimum absolute atomic E-state index is 0. The summed E-state index contributed by atoms with van der Waals surface area (Å²) in [4.78, 5) is 0. The molecule has 2 atom stereocenters. The summed E-state index contributed by atoms with van der Waals surface area (Å²) in [5.74, 6) is -0.714. The molecule has 6 N–H and O–H groups in total. The van der Waals surface area contributed by atoms with Gasteiger partial charge in [-0.15, -0.1) is 12.4 Å². The lowest BCUT2D eigenvalue weighted by atomic mass is 9.77. The SMILES string of the molecule is Cl.N[C@@H](c1c(O)cc(O)cc1O)[C@H](O)C1CCC1. The number of aromatic hydroxyl groups is 3. The summed E-state index contributed by atoms with van der Waals surface area (Å²) < 4.78 is 0. The maximum atomic E-state index is 10.00. The Morgan fingerprint density at radius 1 is 1.11 bits per heavy atom. The Labute approximate surface area is 111 Å². The zero-order valence-corrected chi connectivity index (χ0v) is 10.6. The summed E-state index contributed by atoms with van der Waals surface area (Å²) in [5, 5.41) is 38.5. The van der Waals surface area contributed by atoms with E-state index >= 15 is 0 Å². The standard InChI is InChI=1S/C12H17NO4.ClH/c13-11(12(17)6-2-1-3-6)10-8(15)4-7(14)5-9(10)16;/h4-6,11-12,14-17H,1-3,13H2;1H/t11-,12+;/m0./s1. The highest BCUT2D eigenvalue weighted by atomic mass is 35.5. The molecule has 1 saturated carbocycles. The third-order valence-electron chi connectivity index (χ3n) is 3.46. The Bertz CT molecular complexity index is 400. The molecule has 1 aromatic carbocycles. The molecular formula is C12H18ClNO4. The first-order valence-electron chi connectivity index (χ1n) is 5.69. The number of hydrogen-bond donors (Lipinski definition) is 5. The van der Waals surface area contributed by atoms with Crippen LogP contribution < -0.4 is 5.73 Å². The largest absolute Gasteiger partial charge is 0.508 e. The van der Waals surface area contributed by atoms with Crippen LogP contribution >= 0.6 is 12.4 Å². The fraction of sp³-hybridized carbons (Fsp3) is 0.500. The van der Waals surface area contributed by atoms with Gasteiger partial charge in [0.25, 0.3) is 0 Å². The number of rotatable bonds is 3. The molecule has 0 bridgehead atoms. The quantitative estimate of drug-likeness (QED) is 0.573. The van der Waals surface area contributed by atoms with E-state index in [0.717, 1.165) is 31.4 Å². The lowest BCUT2D eigenvalue weighted by molar-refractivity contribution is 0.0401. The molecule has 0 radical (unpaired) electrons. The van der Waals surface area contributed by atoms with Gasteiger partial charge in [0.05, 0.1) is 17.7 Å².